The summed E-state index contributed by atoms with van der Waals surface area (Å²) in [6.07, 6.45) is 3.28. The second-order valence-electron chi connectivity index (χ2n) is 8.18. The summed E-state index contributed by atoms with van der Waals surface area (Å²) < 4.78 is 1.91. The number of aromatic nitrogens is 6. The molecule has 4 heterocycles. The molecule has 0 saturated carbocycles. The van der Waals surface area contributed by atoms with Crippen molar-refractivity contribution in [3.8, 4) is 11.3 Å². The van der Waals surface area contributed by atoms with Crippen LogP contribution in [0.25, 0.3) is 33.2 Å². The number of hydrogen-bond acceptors (Lipinski definition) is 7. The number of nitrogens with zero attached hydrogens (tertiary/aromatic N) is 5. The average Bonchev–Trinajstić information content (AvgIpc) is 3.43. The van der Waals surface area contributed by atoms with E-state index in [0.717, 1.165) is 44.0 Å². The number of benzene rings is 1. The van der Waals surface area contributed by atoms with Gasteiger partial charge in [-0.15, -0.1) is 11.3 Å². The third kappa shape index (κ3) is 3.17. The van der Waals surface area contributed by atoms with Crippen molar-refractivity contribution in [2.45, 2.75) is 32.9 Å². The van der Waals surface area contributed by atoms with E-state index in [1.807, 2.05) is 10.1 Å². The summed E-state index contributed by atoms with van der Waals surface area (Å²) >= 11 is 1.59. The summed E-state index contributed by atoms with van der Waals surface area (Å²) in [7, 11) is 0. The quantitative estimate of drug-likeness (QED) is 0.399. The van der Waals surface area contributed by atoms with Crippen LogP contribution >= 0.6 is 11.3 Å². The zero-order valence-corrected chi connectivity index (χ0v) is 17.8. The number of aromatic amines is 1. The maximum atomic E-state index is 6.23. The summed E-state index contributed by atoms with van der Waals surface area (Å²) in [5.41, 5.74) is 10.6. The molecule has 0 aliphatic rings. The molecule has 30 heavy (non-hydrogen) atoms. The topological polar surface area (TPSA) is 110 Å². The molecular formula is C21H22N8S. The lowest BCUT2D eigenvalue weighted by molar-refractivity contribution is 0.367. The molecule has 0 amide bonds. The summed E-state index contributed by atoms with van der Waals surface area (Å²) in [6, 6.07) is 8.40. The molecule has 5 rings (SSSR count). The summed E-state index contributed by atoms with van der Waals surface area (Å²) in [5.74, 6) is 0.436. The maximum absolute atomic E-state index is 6.23. The summed E-state index contributed by atoms with van der Waals surface area (Å²) in [5, 5.41) is 13.0. The molecule has 8 nitrogen and oxygen atoms in total. The van der Waals surface area contributed by atoms with Crippen LogP contribution < -0.4 is 11.1 Å². The molecule has 0 bridgehead atoms. The Morgan fingerprint density at radius 1 is 1.17 bits per heavy atom. The van der Waals surface area contributed by atoms with Crippen molar-refractivity contribution in [3.05, 3.63) is 47.9 Å². The SMILES string of the molecule is CC(C)(C)n1nc(-c2ccc3cc(CNc4nccs4)[nH]c3c2)c2c(N)ncnc21. The van der Waals surface area contributed by atoms with E-state index in [-0.39, 0.29) is 5.54 Å². The van der Waals surface area contributed by atoms with E-state index in [1.54, 1.807) is 17.5 Å². The molecule has 4 N–H and O–H groups in total. The van der Waals surface area contributed by atoms with Gasteiger partial charge in [-0.05, 0) is 38.3 Å². The number of H-pyrrole nitrogens is 1. The van der Waals surface area contributed by atoms with Crippen molar-refractivity contribution < 1.29 is 0 Å². The molecule has 0 unspecified atom stereocenters. The van der Waals surface area contributed by atoms with E-state index in [1.165, 1.54) is 6.33 Å². The fraction of sp³-hybridized carbons (Fsp3) is 0.238. The minimum Gasteiger partial charge on any atom is -0.383 e. The van der Waals surface area contributed by atoms with Gasteiger partial charge in [0.15, 0.2) is 10.8 Å². The normalized spacial score (nSPS) is 12.1. The molecule has 0 spiro atoms. The predicted octanol–water partition coefficient (Wildman–Crippen LogP) is 4.38. The predicted molar refractivity (Wildman–Crippen MR) is 121 cm³/mol. The first kappa shape index (κ1) is 18.6. The van der Waals surface area contributed by atoms with E-state index in [2.05, 4.69) is 70.3 Å². The van der Waals surface area contributed by atoms with Gasteiger partial charge in [-0.25, -0.2) is 19.6 Å². The molecule has 1 aromatic carbocycles. The van der Waals surface area contributed by atoms with Gasteiger partial charge in [-0.1, -0.05) is 12.1 Å². The van der Waals surface area contributed by atoms with E-state index in [0.29, 0.717) is 12.4 Å². The number of nitrogens with one attached hydrogen (secondary N) is 2. The number of fused-ring (bicyclic) bond motifs is 2. The minimum atomic E-state index is -0.234. The largest absolute Gasteiger partial charge is 0.383 e. The molecule has 0 fully saturated rings. The van der Waals surface area contributed by atoms with E-state index >= 15 is 0 Å². The molecular weight excluding hydrogens is 396 g/mol. The number of nitrogen functional groups attached to an aromatic ring is 1. The van der Waals surface area contributed by atoms with Crippen LogP contribution in [0, 0.1) is 0 Å². The number of thiazole rings is 1. The van der Waals surface area contributed by atoms with Gasteiger partial charge < -0.3 is 16.0 Å². The highest BCUT2D eigenvalue weighted by atomic mass is 32.1. The molecule has 0 saturated heterocycles. The van der Waals surface area contributed by atoms with Gasteiger partial charge in [-0.2, -0.15) is 5.10 Å². The first-order valence-corrected chi connectivity index (χ1v) is 10.5. The molecule has 4 aromatic heterocycles. The van der Waals surface area contributed by atoms with E-state index in [4.69, 9.17) is 10.8 Å². The van der Waals surface area contributed by atoms with Crippen LogP contribution in [0.3, 0.4) is 0 Å². The second kappa shape index (κ2) is 6.81. The molecule has 0 aliphatic heterocycles. The first-order valence-electron chi connectivity index (χ1n) is 9.65. The van der Waals surface area contributed by atoms with E-state index < -0.39 is 0 Å². The maximum Gasteiger partial charge on any atom is 0.182 e. The zero-order chi connectivity index (χ0) is 20.9. The van der Waals surface area contributed by atoms with Crippen LogP contribution in [0.15, 0.2) is 42.2 Å². The van der Waals surface area contributed by atoms with Crippen LogP contribution in [0.4, 0.5) is 10.9 Å². The third-order valence-electron chi connectivity index (χ3n) is 4.94. The monoisotopic (exact) mass is 418 g/mol. The second-order valence-corrected chi connectivity index (χ2v) is 9.07. The van der Waals surface area contributed by atoms with Crippen molar-refractivity contribution >= 4 is 44.2 Å². The number of anilines is 2. The van der Waals surface area contributed by atoms with Crippen LogP contribution in [0.2, 0.25) is 0 Å². The third-order valence-corrected chi connectivity index (χ3v) is 5.67. The lowest BCUT2D eigenvalue weighted by Gasteiger charge is -2.19. The highest BCUT2D eigenvalue weighted by molar-refractivity contribution is 7.13. The van der Waals surface area contributed by atoms with Crippen molar-refractivity contribution in [1.29, 1.82) is 0 Å². The van der Waals surface area contributed by atoms with Gasteiger partial charge >= 0.3 is 0 Å². The molecule has 0 atom stereocenters. The Bertz CT molecular complexity index is 1340. The Morgan fingerprint density at radius 2 is 2.03 bits per heavy atom. The first-order chi connectivity index (χ1) is 14.4. The number of hydrogen-bond donors (Lipinski definition) is 3. The number of rotatable bonds is 4. The fourth-order valence-electron chi connectivity index (χ4n) is 3.56. The Hall–Kier alpha value is -3.46. The molecule has 0 radical (unpaired) electrons. The average molecular weight is 419 g/mol. The van der Waals surface area contributed by atoms with Crippen LogP contribution in [-0.4, -0.2) is 29.7 Å². The minimum absolute atomic E-state index is 0.234. The van der Waals surface area contributed by atoms with Crippen molar-refractivity contribution in [3.63, 3.8) is 0 Å². The van der Waals surface area contributed by atoms with Gasteiger partial charge in [0.05, 0.1) is 17.5 Å². The van der Waals surface area contributed by atoms with Crippen molar-refractivity contribution in [1.82, 2.24) is 29.7 Å². The zero-order valence-electron chi connectivity index (χ0n) is 17.0. The smallest absolute Gasteiger partial charge is 0.182 e. The summed E-state index contributed by atoms with van der Waals surface area (Å²) in [4.78, 5) is 16.4. The van der Waals surface area contributed by atoms with Gasteiger partial charge in [0, 0.05) is 28.4 Å². The van der Waals surface area contributed by atoms with Crippen LogP contribution in [-0.2, 0) is 12.1 Å². The van der Waals surface area contributed by atoms with Crippen molar-refractivity contribution in [2.24, 2.45) is 0 Å². The highest BCUT2D eigenvalue weighted by Gasteiger charge is 2.24. The van der Waals surface area contributed by atoms with Gasteiger partial charge in [0.1, 0.15) is 17.8 Å². The lowest BCUT2D eigenvalue weighted by Crippen LogP contribution is -2.23. The molecule has 9 heteroatoms. The van der Waals surface area contributed by atoms with Gasteiger partial charge in [-0.3, -0.25) is 0 Å². The summed E-state index contributed by atoms with van der Waals surface area (Å²) in [6.45, 7) is 6.96. The Kier molecular flexibility index (Phi) is 4.21. The van der Waals surface area contributed by atoms with Crippen LogP contribution in [0.5, 0.6) is 0 Å². The molecule has 0 aliphatic carbocycles. The highest BCUT2D eigenvalue weighted by Crippen LogP contribution is 2.34. The Balaban J connectivity index is 1.57. The Labute approximate surface area is 177 Å². The molecule has 5 aromatic rings. The van der Waals surface area contributed by atoms with Crippen LogP contribution in [0.1, 0.15) is 26.5 Å². The fourth-order valence-corrected chi connectivity index (χ4v) is 4.08. The van der Waals surface area contributed by atoms with Crippen molar-refractivity contribution in [2.75, 3.05) is 11.1 Å². The molecule has 152 valence electrons. The van der Waals surface area contributed by atoms with Gasteiger partial charge in [0.2, 0.25) is 0 Å². The number of nitrogens with two attached hydrogens (primary N) is 1. The standard InChI is InChI=1S/C21H22N8S/c1-21(2,3)29-19-16(18(22)25-11-26-19)17(28-29)13-5-4-12-8-14(27-15(12)9-13)10-24-20-23-6-7-30-20/h4-9,11,27H,10H2,1-3H3,(H,23,24)(H2,22,25,26). The van der Waals surface area contributed by atoms with Gasteiger partial charge in [0.25, 0.3) is 0 Å². The Morgan fingerprint density at radius 3 is 2.80 bits per heavy atom. The van der Waals surface area contributed by atoms with E-state index in [9.17, 15) is 0 Å². The lowest BCUT2D eigenvalue weighted by atomic mass is 10.1.